The molecule has 0 bridgehead atoms. The fraction of sp³-hybridized carbons (Fsp3) is 0.125. The van der Waals surface area contributed by atoms with Gasteiger partial charge >= 0.3 is 0 Å². The summed E-state index contributed by atoms with van der Waals surface area (Å²) in [5, 5.41) is 10.8. The fourth-order valence-electron chi connectivity index (χ4n) is 6.12. The second-order valence-corrected chi connectivity index (χ2v) is 13.5. The van der Waals surface area contributed by atoms with Gasteiger partial charge in [0.15, 0.2) is 5.00 Å². The number of carbonyl (C=O) groups is 1. The number of benzene rings is 5. The number of carbonyl (C=O) groups excluding carboxylic acids is 1. The number of para-hydroxylation sites is 2. The number of ether oxygens (including phenoxy) is 1. The van der Waals surface area contributed by atoms with Gasteiger partial charge in [-0.25, -0.2) is 9.98 Å². The molecule has 1 saturated heterocycles. The van der Waals surface area contributed by atoms with E-state index in [2.05, 4.69) is 44.3 Å². The Morgan fingerprint density at radius 2 is 1.37 bits per heavy atom. The lowest BCUT2D eigenvalue weighted by molar-refractivity contribution is -0.112. The second-order valence-electron chi connectivity index (χ2n) is 12.1. The third-order valence-electron chi connectivity index (χ3n) is 8.73. The topological polar surface area (TPSA) is 86.0 Å². The summed E-state index contributed by atoms with van der Waals surface area (Å²) in [4.78, 5) is 30.3. The molecule has 3 heterocycles. The van der Waals surface area contributed by atoms with Crippen molar-refractivity contribution >= 4 is 61.8 Å². The first kappa shape index (κ1) is 32.5. The highest BCUT2D eigenvalue weighted by molar-refractivity contribution is 7.19. The number of nitrogens with zero attached hydrogens (tertiary/aromatic N) is 7. The van der Waals surface area contributed by atoms with Crippen molar-refractivity contribution in [3.63, 3.8) is 0 Å². The number of aromatic nitrogens is 1. The molecule has 0 atom stereocenters. The van der Waals surface area contributed by atoms with E-state index >= 15 is 0 Å². The molecule has 0 unspecified atom stereocenters. The zero-order valence-corrected chi connectivity index (χ0v) is 29.0. The summed E-state index contributed by atoms with van der Waals surface area (Å²) in [6, 6.07) is 42.6. The van der Waals surface area contributed by atoms with Gasteiger partial charge in [-0.3, -0.25) is 14.6 Å². The Hall–Kier alpha value is -5.68. The van der Waals surface area contributed by atoms with Crippen molar-refractivity contribution in [2.45, 2.75) is 0 Å². The molecule has 1 amide bonds. The summed E-state index contributed by atoms with van der Waals surface area (Å²) >= 11 is 7.29. The van der Waals surface area contributed by atoms with Crippen LogP contribution in [0, 0.1) is 0 Å². The van der Waals surface area contributed by atoms with Crippen LogP contribution >= 0.6 is 22.9 Å². The molecule has 2 aliphatic rings. The predicted octanol–water partition coefficient (Wildman–Crippen LogP) is 9.92. The number of rotatable bonds is 9. The fourth-order valence-corrected chi connectivity index (χ4v) is 7.03. The molecule has 6 aromatic rings. The van der Waals surface area contributed by atoms with E-state index in [4.69, 9.17) is 26.3 Å². The van der Waals surface area contributed by atoms with Crippen molar-refractivity contribution in [3.8, 4) is 22.8 Å². The summed E-state index contributed by atoms with van der Waals surface area (Å²) in [6.07, 6.45) is 0. The molecule has 0 radical (unpaired) electrons. The number of amides is 1. The molecule has 11 heteroatoms. The van der Waals surface area contributed by atoms with Gasteiger partial charge in [0.05, 0.1) is 18.0 Å². The zero-order valence-electron chi connectivity index (χ0n) is 27.5. The molecule has 0 spiro atoms. The molecule has 1 aromatic heterocycles. The van der Waals surface area contributed by atoms with Gasteiger partial charge in [0, 0.05) is 48.0 Å². The minimum atomic E-state index is -0.137. The summed E-state index contributed by atoms with van der Waals surface area (Å²) in [5.74, 6) is 1.22. The molecule has 51 heavy (non-hydrogen) atoms. The van der Waals surface area contributed by atoms with E-state index in [9.17, 15) is 4.79 Å². The lowest BCUT2D eigenvalue weighted by atomic mass is 10.1. The molecule has 0 aliphatic carbocycles. The van der Waals surface area contributed by atoms with Crippen LogP contribution in [-0.4, -0.2) is 54.4 Å². The first-order chi connectivity index (χ1) is 25.1. The van der Waals surface area contributed by atoms with Gasteiger partial charge in [0.25, 0.3) is 5.91 Å². The molecular weight excluding hydrogens is 678 g/mol. The van der Waals surface area contributed by atoms with Crippen LogP contribution in [0.5, 0.6) is 11.5 Å². The Balaban J connectivity index is 1.03. The second kappa shape index (κ2) is 14.7. The standard InChI is InChI=1S/C40H32ClN7O2S/c41-29-15-19-32(20-16-29)50-33-21-17-30(18-22-33)44-45-38-36(28-9-3-1-4-10-28)42-40(51-38)43-37-34-13-7-8-14-35(34)48(39(37)49)27-46-23-25-47(26-24-46)31-11-5-2-6-12-31/h1-22H,23-27H2/b43-37+,45-44?. The SMILES string of the molecule is O=C1/C(=N/c2nc(-c3ccccc3)c(N=Nc3ccc(Oc4ccc(Cl)cc4)cc3)s2)c2ccccc2N1CN1CCN(c2ccccc2)CC1. The first-order valence-corrected chi connectivity index (χ1v) is 17.8. The number of hydrogen-bond acceptors (Lipinski definition) is 9. The van der Waals surface area contributed by atoms with E-state index in [1.165, 1.54) is 17.0 Å². The van der Waals surface area contributed by atoms with Gasteiger partial charge < -0.3 is 9.64 Å². The lowest BCUT2D eigenvalue weighted by Crippen LogP contribution is -2.51. The third kappa shape index (κ3) is 7.29. The van der Waals surface area contributed by atoms with Crippen LogP contribution in [0.15, 0.2) is 149 Å². The Morgan fingerprint density at radius 3 is 2.10 bits per heavy atom. The molecule has 9 nitrogen and oxygen atoms in total. The van der Waals surface area contributed by atoms with Gasteiger partial charge in [-0.05, 0) is 66.7 Å². The van der Waals surface area contributed by atoms with E-state index in [1.807, 2.05) is 102 Å². The molecule has 0 N–H and O–H groups in total. The van der Waals surface area contributed by atoms with Gasteiger partial charge in [0.2, 0.25) is 5.13 Å². The first-order valence-electron chi connectivity index (χ1n) is 16.6. The van der Waals surface area contributed by atoms with E-state index in [-0.39, 0.29) is 5.91 Å². The third-order valence-corrected chi connectivity index (χ3v) is 9.81. The van der Waals surface area contributed by atoms with Crippen LogP contribution in [0.3, 0.4) is 0 Å². The van der Waals surface area contributed by atoms with Crippen LogP contribution in [0.1, 0.15) is 5.56 Å². The Labute approximate surface area is 304 Å². The van der Waals surface area contributed by atoms with E-state index in [0.29, 0.717) is 50.4 Å². The highest BCUT2D eigenvalue weighted by Crippen LogP contribution is 2.41. The van der Waals surface area contributed by atoms with Crippen molar-refractivity contribution in [1.82, 2.24) is 9.88 Å². The lowest BCUT2D eigenvalue weighted by Gasteiger charge is -2.37. The van der Waals surface area contributed by atoms with Crippen molar-refractivity contribution in [3.05, 3.63) is 144 Å². The maximum absolute atomic E-state index is 14.0. The number of halogens is 1. The number of anilines is 2. The van der Waals surface area contributed by atoms with Crippen molar-refractivity contribution in [2.75, 3.05) is 42.6 Å². The molecule has 0 saturated carbocycles. The van der Waals surface area contributed by atoms with Crippen LogP contribution in [0.2, 0.25) is 5.02 Å². The minimum absolute atomic E-state index is 0.137. The Morgan fingerprint density at radius 1 is 0.725 bits per heavy atom. The predicted molar refractivity (Wildman–Crippen MR) is 205 cm³/mol. The van der Waals surface area contributed by atoms with Gasteiger partial charge in [-0.2, -0.15) is 0 Å². The Bertz CT molecular complexity index is 2200. The molecule has 252 valence electrons. The van der Waals surface area contributed by atoms with E-state index in [1.54, 1.807) is 12.1 Å². The summed E-state index contributed by atoms with van der Waals surface area (Å²) < 4.78 is 5.91. The number of fused-ring (bicyclic) bond motifs is 1. The number of aliphatic imine (C=N–C) groups is 1. The van der Waals surface area contributed by atoms with Gasteiger partial charge in [-0.1, -0.05) is 89.7 Å². The number of thiazole rings is 1. The molecule has 8 rings (SSSR count). The molecule has 2 aliphatic heterocycles. The molecular formula is C40H32ClN7O2S. The average molecular weight is 710 g/mol. The summed E-state index contributed by atoms with van der Waals surface area (Å²) in [6.45, 7) is 4.00. The quantitative estimate of drug-likeness (QED) is 0.140. The average Bonchev–Trinajstić information content (AvgIpc) is 3.71. The van der Waals surface area contributed by atoms with Crippen molar-refractivity contribution < 1.29 is 9.53 Å². The number of piperazine rings is 1. The normalized spacial score (nSPS) is 15.5. The van der Waals surface area contributed by atoms with E-state index in [0.717, 1.165) is 43.0 Å². The monoisotopic (exact) mass is 709 g/mol. The van der Waals surface area contributed by atoms with Crippen LogP contribution in [0.4, 0.5) is 27.2 Å². The number of hydrogen-bond donors (Lipinski definition) is 0. The summed E-state index contributed by atoms with van der Waals surface area (Å²) in [7, 11) is 0. The number of azo groups is 1. The van der Waals surface area contributed by atoms with E-state index < -0.39 is 0 Å². The minimum Gasteiger partial charge on any atom is -0.457 e. The smallest absolute Gasteiger partial charge is 0.278 e. The highest BCUT2D eigenvalue weighted by Gasteiger charge is 2.35. The maximum Gasteiger partial charge on any atom is 0.278 e. The molecule has 5 aromatic carbocycles. The van der Waals surface area contributed by atoms with Gasteiger partial charge in [-0.15, -0.1) is 10.2 Å². The Kier molecular flexibility index (Phi) is 9.35. The van der Waals surface area contributed by atoms with Crippen LogP contribution < -0.4 is 14.5 Å². The zero-order chi connectivity index (χ0) is 34.6. The molecule has 1 fully saturated rings. The van der Waals surface area contributed by atoms with Crippen molar-refractivity contribution in [2.24, 2.45) is 15.2 Å². The van der Waals surface area contributed by atoms with Crippen LogP contribution in [0.25, 0.3) is 11.3 Å². The summed E-state index contributed by atoms with van der Waals surface area (Å²) in [5.41, 5.74) is 5.44. The highest BCUT2D eigenvalue weighted by atomic mass is 35.5. The van der Waals surface area contributed by atoms with Crippen molar-refractivity contribution in [1.29, 1.82) is 0 Å². The van der Waals surface area contributed by atoms with Gasteiger partial charge in [0.1, 0.15) is 22.9 Å². The van der Waals surface area contributed by atoms with Crippen LogP contribution in [-0.2, 0) is 4.79 Å². The largest absolute Gasteiger partial charge is 0.457 e. The maximum atomic E-state index is 14.0.